The Morgan fingerprint density at radius 3 is 2.34 bits per heavy atom. The molecule has 3 aliphatic rings. The van der Waals surface area contributed by atoms with Crippen LogP contribution in [-0.2, 0) is 0 Å². The van der Waals surface area contributed by atoms with Crippen molar-refractivity contribution in [3.63, 3.8) is 0 Å². The number of rotatable bonds is 2. The molecule has 1 aliphatic heterocycles. The molecule has 29 heavy (non-hydrogen) atoms. The fourth-order valence-corrected chi connectivity index (χ4v) is 6.01. The number of hydrogen-bond donors (Lipinski definition) is 2. The van der Waals surface area contributed by atoms with Gasteiger partial charge < -0.3 is 16.0 Å². The van der Waals surface area contributed by atoms with Crippen molar-refractivity contribution < 1.29 is 0 Å². The van der Waals surface area contributed by atoms with E-state index in [9.17, 15) is 0 Å². The number of nitrogens with one attached hydrogen (secondary N) is 1. The van der Waals surface area contributed by atoms with Gasteiger partial charge in [0, 0.05) is 24.3 Å². The van der Waals surface area contributed by atoms with Gasteiger partial charge in [-0.1, -0.05) is 43.4 Å². The van der Waals surface area contributed by atoms with Crippen LogP contribution in [0, 0.1) is 26.7 Å². The minimum atomic E-state index is 0.202. The van der Waals surface area contributed by atoms with Crippen LogP contribution in [0.4, 0.5) is 5.69 Å². The van der Waals surface area contributed by atoms with Crippen molar-refractivity contribution in [2.75, 3.05) is 11.9 Å². The van der Waals surface area contributed by atoms with E-state index in [1.807, 2.05) is 0 Å². The fraction of sp³-hybridized carbons (Fsp3) is 0.720. The number of fused-ring (bicyclic) bond motifs is 1. The largest absolute Gasteiger partial charge is 0.339 e. The Bertz CT molecular complexity index is 715. The lowest BCUT2D eigenvalue weighted by atomic mass is 9.78. The lowest BCUT2D eigenvalue weighted by Crippen LogP contribution is -2.53. The molecule has 3 N–H and O–H groups in total. The van der Waals surface area contributed by atoms with Gasteiger partial charge in [-0.2, -0.15) is 0 Å². The molecule has 0 bridgehead atoms. The summed E-state index contributed by atoms with van der Waals surface area (Å²) in [4.78, 5) is 7.97. The highest BCUT2D eigenvalue weighted by Crippen LogP contribution is 2.36. The summed E-state index contributed by atoms with van der Waals surface area (Å²) in [5.41, 5.74) is 11.7. The lowest BCUT2D eigenvalue weighted by molar-refractivity contribution is 0.118. The van der Waals surface area contributed by atoms with E-state index in [0.717, 1.165) is 31.3 Å². The Kier molecular flexibility index (Phi) is 6.48. The second-order valence-electron chi connectivity index (χ2n) is 9.81. The summed E-state index contributed by atoms with van der Waals surface area (Å²) in [6.07, 6.45) is 12.9. The number of benzene rings is 1. The first kappa shape index (κ1) is 20.7. The van der Waals surface area contributed by atoms with Gasteiger partial charge in [0.15, 0.2) is 5.96 Å². The minimum absolute atomic E-state index is 0.202. The van der Waals surface area contributed by atoms with E-state index in [-0.39, 0.29) is 12.1 Å². The van der Waals surface area contributed by atoms with E-state index in [4.69, 9.17) is 10.7 Å². The van der Waals surface area contributed by atoms with E-state index in [2.05, 4.69) is 43.1 Å². The van der Waals surface area contributed by atoms with Crippen LogP contribution in [0.1, 0.15) is 80.9 Å². The third-order valence-electron chi connectivity index (χ3n) is 7.50. The number of aliphatic imine (C=N–C) groups is 1. The third-order valence-corrected chi connectivity index (χ3v) is 7.50. The van der Waals surface area contributed by atoms with Crippen LogP contribution in [0.15, 0.2) is 17.1 Å². The predicted octanol–water partition coefficient (Wildman–Crippen LogP) is 5.30. The molecule has 4 atom stereocenters. The Labute approximate surface area is 177 Å². The number of nitrogens with zero attached hydrogens (tertiary/aromatic N) is 2. The van der Waals surface area contributed by atoms with Gasteiger partial charge in [0.05, 0.1) is 6.04 Å². The molecular weight excluding hydrogens is 356 g/mol. The van der Waals surface area contributed by atoms with E-state index in [0.29, 0.717) is 6.04 Å². The zero-order valence-corrected chi connectivity index (χ0v) is 18.7. The number of guanidine groups is 1. The smallest absolute Gasteiger partial charge is 0.199 e. The molecule has 0 aromatic heterocycles. The first-order chi connectivity index (χ1) is 14.0. The summed E-state index contributed by atoms with van der Waals surface area (Å²) in [6.45, 7) is 7.73. The quantitative estimate of drug-likeness (QED) is 0.526. The summed E-state index contributed by atoms with van der Waals surface area (Å²) < 4.78 is 0. The summed E-state index contributed by atoms with van der Waals surface area (Å²) >= 11 is 0. The number of hydrogen-bond acceptors (Lipinski definition) is 2. The van der Waals surface area contributed by atoms with Crippen molar-refractivity contribution in [3.05, 3.63) is 28.8 Å². The Morgan fingerprint density at radius 2 is 1.59 bits per heavy atom. The van der Waals surface area contributed by atoms with E-state index in [1.165, 1.54) is 73.7 Å². The zero-order valence-electron chi connectivity index (χ0n) is 18.7. The second kappa shape index (κ2) is 9.07. The topological polar surface area (TPSA) is 53.6 Å². The van der Waals surface area contributed by atoms with Gasteiger partial charge in [-0.3, -0.25) is 0 Å². The molecule has 2 aliphatic carbocycles. The van der Waals surface area contributed by atoms with Gasteiger partial charge in [-0.15, -0.1) is 0 Å². The molecule has 3 fully saturated rings. The number of anilines is 1. The van der Waals surface area contributed by atoms with Crippen LogP contribution in [-0.4, -0.2) is 35.5 Å². The van der Waals surface area contributed by atoms with Gasteiger partial charge in [-0.25, -0.2) is 4.99 Å². The molecule has 1 heterocycles. The molecular formula is C25H40N4. The van der Waals surface area contributed by atoms with Gasteiger partial charge >= 0.3 is 0 Å². The SMILES string of the molecule is Cc1cc(C)c(NC(=N[C@H]2CCCC[C@@H]2N)N2CCCC3CCCCC32)c(C)c1. The molecule has 4 rings (SSSR count). The summed E-state index contributed by atoms with van der Waals surface area (Å²) in [7, 11) is 0. The van der Waals surface area contributed by atoms with Crippen molar-refractivity contribution in [1.82, 2.24) is 4.90 Å². The van der Waals surface area contributed by atoms with Crippen LogP contribution in [0.5, 0.6) is 0 Å². The zero-order chi connectivity index (χ0) is 20.4. The second-order valence-corrected chi connectivity index (χ2v) is 9.81. The number of piperidine rings is 1. The molecule has 1 aromatic carbocycles. The van der Waals surface area contributed by atoms with Crippen molar-refractivity contribution in [3.8, 4) is 0 Å². The molecule has 2 saturated carbocycles. The van der Waals surface area contributed by atoms with Crippen molar-refractivity contribution in [1.29, 1.82) is 0 Å². The molecule has 1 aromatic rings. The standard InChI is InChI=1S/C25H40N4/c1-17-15-18(2)24(19(3)16-17)28-25(27-22-12-6-5-11-21(22)26)29-14-8-10-20-9-4-7-13-23(20)29/h15-16,20-23H,4-14,26H2,1-3H3,(H,27,28)/t20?,21-,22-,23?/m0/s1. The Hall–Kier alpha value is -1.55. The Balaban J connectivity index is 1.67. The normalized spacial score (nSPS) is 30.8. The number of nitrogens with two attached hydrogens (primary N) is 1. The van der Waals surface area contributed by atoms with Crippen LogP contribution >= 0.6 is 0 Å². The average Bonchev–Trinajstić information content (AvgIpc) is 2.71. The highest BCUT2D eigenvalue weighted by Gasteiger charge is 2.36. The monoisotopic (exact) mass is 396 g/mol. The van der Waals surface area contributed by atoms with Crippen molar-refractivity contribution in [2.24, 2.45) is 16.6 Å². The first-order valence-corrected chi connectivity index (χ1v) is 12.0. The minimum Gasteiger partial charge on any atom is -0.339 e. The first-order valence-electron chi connectivity index (χ1n) is 12.0. The highest BCUT2D eigenvalue weighted by molar-refractivity contribution is 5.95. The van der Waals surface area contributed by atoms with Gasteiger partial charge in [-0.05, 0) is 76.3 Å². The van der Waals surface area contributed by atoms with Crippen LogP contribution in [0.2, 0.25) is 0 Å². The molecule has 4 nitrogen and oxygen atoms in total. The molecule has 0 radical (unpaired) electrons. The molecule has 0 amide bonds. The fourth-order valence-electron chi connectivity index (χ4n) is 6.01. The highest BCUT2D eigenvalue weighted by atomic mass is 15.3. The van der Waals surface area contributed by atoms with E-state index in [1.54, 1.807) is 0 Å². The van der Waals surface area contributed by atoms with Gasteiger partial charge in [0.25, 0.3) is 0 Å². The summed E-state index contributed by atoms with van der Waals surface area (Å²) in [5, 5.41) is 3.83. The van der Waals surface area contributed by atoms with Crippen LogP contribution < -0.4 is 11.1 Å². The summed E-state index contributed by atoms with van der Waals surface area (Å²) in [6, 6.07) is 5.65. The van der Waals surface area contributed by atoms with Crippen LogP contribution in [0.3, 0.4) is 0 Å². The van der Waals surface area contributed by atoms with Gasteiger partial charge in [0.2, 0.25) is 0 Å². The van der Waals surface area contributed by atoms with Gasteiger partial charge in [0.1, 0.15) is 0 Å². The number of likely N-dealkylation sites (tertiary alicyclic amines) is 1. The maximum absolute atomic E-state index is 6.51. The number of aryl methyl sites for hydroxylation is 3. The van der Waals surface area contributed by atoms with E-state index < -0.39 is 0 Å². The third kappa shape index (κ3) is 4.63. The van der Waals surface area contributed by atoms with Crippen LogP contribution in [0.25, 0.3) is 0 Å². The molecule has 0 spiro atoms. The maximum Gasteiger partial charge on any atom is 0.199 e. The summed E-state index contributed by atoms with van der Waals surface area (Å²) in [5.74, 6) is 1.93. The average molecular weight is 397 g/mol. The van der Waals surface area contributed by atoms with E-state index >= 15 is 0 Å². The molecule has 1 saturated heterocycles. The molecule has 2 unspecified atom stereocenters. The molecule has 160 valence electrons. The van der Waals surface area contributed by atoms with Crippen molar-refractivity contribution in [2.45, 2.75) is 103 Å². The van der Waals surface area contributed by atoms with Crippen molar-refractivity contribution >= 4 is 11.6 Å². The Morgan fingerprint density at radius 1 is 0.931 bits per heavy atom. The molecule has 4 heteroatoms. The lowest BCUT2D eigenvalue weighted by Gasteiger charge is -2.46. The maximum atomic E-state index is 6.51. The predicted molar refractivity (Wildman–Crippen MR) is 124 cm³/mol.